The Morgan fingerprint density at radius 3 is 2.57 bits per heavy atom. The van der Waals surface area contributed by atoms with E-state index in [1.165, 1.54) is 23.5 Å². The molecule has 2 amide bonds. The number of hydrogen-bond donors (Lipinski definition) is 1. The van der Waals surface area contributed by atoms with Crippen molar-refractivity contribution in [2.24, 2.45) is 11.0 Å². The monoisotopic (exact) mass is 524 g/mol. The largest absolute Gasteiger partial charge is 0.493 e. The van der Waals surface area contributed by atoms with Gasteiger partial charge in [-0.05, 0) is 56.2 Å². The van der Waals surface area contributed by atoms with Gasteiger partial charge in [0.05, 0.1) is 30.1 Å². The van der Waals surface area contributed by atoms with Gasteiger partial charge in [-0.3, -0.25) is 9.59 Å². The number of halogens is 1. The van der Waals surface area contributed by atoms with Crippen LogP contribution in [0.2, 0.25) is 0 Å². The van der Waals surface area contributed by atoms with Crippen LogP contribution in [0.15, 0.2) is 47.6 Å². The number of methoxy groups -OCH3 is 1. The SMILES string of the molecule is CCC1CC(=O)N(Cc2ccc(NC(=O)c3sc(C)nc3C)cc2)N=C1c1ccc(OC)c(OCF)c1. The van der Waals surface area contributed by atoms with Gasteiger partial charge in [0.15, 0.2) is 11.5 Å². The third-order valence-electron chi connectivity index (χ3n) is 6.14. The predicted molar refractivity (Wildman–Crippen MR) is 141 cm³/mol. The highest BCUT2D eigenvalue weighted by atomic mass is 32.1. The van der Waals surface area contributed by atoms with Gasteiger partial charge in [-0.2, -0.15) is 5.10 Å². The molecule has 1 atom stereocenters. The van der Waals surface area contributed by atoms with Crippen molar-refractivity contribution < 1.29 is 23.5 Å². The molecule has 0 fully saturated rings. The molecule has 3 aromatic rings. The minimum absolute atomic E-state index is 0.0632. The number of carbonyl (C=O) groups is 2. The molecule has 0 saturated carbocycles. The second-order valence-electron chi connectivity index (χ2n) is 8.66. The number of nitrogens with zero attached hydrogens (tertiary/aromatic N) is 3. The Morgan fingerprint density at radius 2 is 1.95 bits per heavy atom. The van der Waals surface area contributed by atoms with Gasteiger partial charge in [0.25, 0.3) is 5.91 Å². The van der Waals surface area contributed by atoms with Crippen molar-refractivity contribution >= 4 is 34.6 Å². The van der Waals surface area contributed by atoms with Gasteiger partial charge in [-0.15, -0.1) is 11.3 Å². The van der Waals surface area contributed by atoms with Crippen molar-refractivity contribution in [1.29, 1.82) is 0 Å². The summed E-state index contributed by atoms with van der Waals surface area (Å²) in [5.74, 6) is 0.374. The minimum Gasteiger partial charge on any atom is -0.493 e. The van der Waals surface area contributed by atoms with E-state index >= 15 is 0 Å². The number of nitrogens with one attached hydrogen (secondary N) is 1. The van der Waals surface area contributed by atoms with E-state index in [1.54, 1.807) is 24.3 Å². The molecule has 0 aliphatic carbocycles. The number of hydrogen-bond acceptors (Lipinski definition) is 7. The van der Waals surface area contributed by atoms with Crippen LogP contribution in [-0.4, -0.2) is 41.5 Å². The molecule has 8 nitrogen and oxygen atoms in total. The summed E-state index contributed by atoms with van der Waals surface area (Å²) in [6.07, 6.45) is 1.05. The molecule has 1 aromatic heterocycles. The quantitative estimate of drug-likeness (QED) is 0.400. The predicted octanol–water partition coefficient (Wildman–Crippen LogP) is 5.49. The van der Waals surface area contributed by atoms with E-state index < -0.39 is 6.86 Å². The van der Waals surface area contributed by atoms with Gasteiger partial charge < -0.3 is 14.8 Å². The summed E-state index contributed by atoms with van der Waals surface area (Å²) in [7, 11) is 1.49. The molecule has 37 heavy (non-hydrogen) atoms. The molecule has 4 rings (SSSR count). The molecule has 10 heteroatoms. The van der Waals surface area contributed by atoms with Crippen LogP contribution in [0.5, 0.6) is 11.5 Å². The number of hydrazone groups is 1. The second-order valence-corrected chi connectivity index (χ2v) is 9.87. The van der Waals surface area contributed by atoms with Gasteiger partial charge in [-0.25, -0.2) is 14.4 Å². The number of alkyl halides is 1. The van der Waals surface area contributed by atoms with Gasteiger partial charge in [0.1, 0.15) is 4.88 Å². The number of anilines is 1. The van der Waals surface area contributed by atoms with E-state index in [1.807, 2.05) is 39.0 Å². The fourth-order valence-electron chi connectivity index (χ4n) is 4.24. The zero-order chi connectivity index (χ0) is 26.5. The number of aryl methyl sites for hydroxylation is 2. The van der Waals surface area contributed by atoms with E-state index in [9.17, 15) is 14.0 Å². The molecule has 1 unspecified atom stereocenters. The van der Waals surface area contributed by atoms with E-state index in [4.69, 9.17) is 14.6 Å². The Balaban J connectivity index is 1.52. The lowest BCUT2D eigenvalue weighted by Crippen LogP contribution is -2.36. The van der Waals surface area contributed by atoms with Crippen molar-refractivity contribution in [1.82, 2.24) is 9.99 Å². The number of ether oxygens (including phenoxy) is 2. The van der Waals surface area contributed by atoms with Gasteiger partial charge >= 0.3 is 0 Å². The number of amides is 2. The molecule has 0 spiro atoms. The fraction of sp³-hybridized carbons (Fsp3) is 0.333. The normalized spacial score (nSPS) is 15.4. The zero-order valence-electron chi connectivity index (χ0n) is 21.2. The van der Waals surface area contributed by atoms with Gasteiger partial charge in [0, 0.05) is 23.6 Å². The maximum atomic E-state index is 12.9. The van der Waals surface area contributed by atoms with E-state index in [-0.39, 0.29) is 30.0 Å². The molecule has 2 heterocycles. The average Bonchev–Trinajstić information content (AvgIpc) is 3.24. The highest BCUT2D eigenvalue weighted by Gasteiger charge is 2.30. The summed E-state index contributed by atoms with van der Waals surface area (Å²) < 4.78 is 23.2. The molecule has 194 valence electrons. The van der Waals surface area contributed by atoms with Crippen molar-refractivity contribution in [3.05, 3.63) is 69.2 Å². The third-order valence-corrected chi connectivity index (χ3v) is 7.21. The van der Waals surface area contributed by atoms with Crippen LogP contribution in [0.3, 0.4) is 0 Å². The average molecular weight is 525 g/mol. The molecule has 1 aliphatic rings. The Bertz CT molecular complexity index is 1320. The number of aromatic nitrogens is 1. The molecule has 2 aromatic carbocycles. The first-order chi connectivity index (χ1) is 17.8. The zero-order valence-corrected chi connectivity index (χ0v) is 22.0. The van der Waals surface area contributed by atoms with Crippen molar-refractivity contribution in [2.75, 3.05) is 19.3 Å². The van der Waals surface area contributed by atoms with E-state index in [0.717, 1.165) is 28.3 Å². The van der Waals surface area contributed by atoms with Crippen LogP contribution >= 0.6 is 11.3 Å². The highest BCUT2D eigenvalue weighted by molar-refractivity contribution is 7.13. The summed E-state index contributed by atoms with van der Waals surface area (Å²) in [6.45, 7) is 4.99. The van der Waals surface area contributed by atoms with E-state index in [0.29, 0.717) is 28.4 Å². The Kier molecular flexibility index (Phi) is 8.17. The van der Waals surface area contributed by atoms with Crippen LogP contribution in [0, 0.1) is 19.8 Å². The second kappa shape index (κ2) is 11.5. The Hall–Kier alpha value is -3.79. The molecular weight excluding hydrogens is 495 g/mol. The lowest BCUT2D eigenvalue weighted by molar-refractivity contribution is -0.133. The topological polar surface area (TPSA) is 93.1 Å². The lowest BCUT2D eigenvalue weighted by Gasteiger charge is -2.29. The summed E-state index contributed by atoms with van der Waals surface area (Å²) in [5.41, 5.74) is 3.72. The molecule has 1 N–H and O–H groups in total. The standard InChI is InChI=1S/C27H29FN4O4S/c1-5-19-13-24(33)32(31-25(19)20-8-11-22(35-4)23(12-20)36-15-28)14-18-6-9-21(10-7-18)30-27(34)26-16(2)29-17(3)37-26/h6-12,19H,5,13-15H2,1-4H3,(H,30,34). The van der Waals surface area contributed by atoms with Gasteiger partial charge in [0.2, 0.25) is 12.8 Å². The summed E-state index contributed by atoms with van der Waals surface area (Å²) in [5, 5.41) is 9.89. The first kappa shape index (κ1) is 26.3. The fourth-order valence-corrected chi connectivity index (χ4v) is 5.05. The Morgan fingerprint density at radius 1 is 1.19 bits per heavy atom. The van der Waals surface area contributed by atoms with Crippen LogP contribution in [-0.2, 0) is 11.3 Å². The first-order valence-electron chi connectivity index (χ1n) is 11.9. The maximum absolute atomic E-state index is 12.9. The minimum atomic E-state index is -0.978. The summed E-state index contributed by atoms with van der Waals surface area (Å²) in [4.78, 5) is 30.3. The van der Waals surface area contributed by atoms with Crippen LogP contribution in [0.1, 0.15) is 51.3 Å². The van der Waals surface area contributed by atoms with Crippen molar-refractivity contribution in [3.8, 4) is 11.5 Å². The maximum Gasteiger partial charge on any atom is 0.267 e. The summed E-state index contributed by atoms with van der Waals surface area (Å²) in [6, 6.07) is 12.5. The number of rotatable bonds is 9. The van der Waals surface area contributed by atoms with E-state index in [2.05, 4.69) is 10.3 Å². The molecule has 0 bridgehead atoms. The lowest BCUT2D eigenvalue weighted by atomic mass is 9.89. The van der Waals surface area contributed by atoms with Gasteiger partial charge in [-0.1, -0.05) is 19.1 Å². The molecule has 0 radical (unpaired) electrons. The number of thiazole rings is 1. The smallest absolute Gasteiger partial charge is 0.267 e. The molecule has 1 aliphatic heterocycles. The van der Waals surface area contributed by atoms with Crippen molar-refractivity contribution in [3.63, 3.8) is 0 Å². The van der Waals surface area contributed by atoms with Crippen LogP contribution < -0.4 is 14.8 Å². The highest BCUT2D eigenvalue weighted by Crippen LogP contribution is 2.32. The molecular formula is C27H29FN4O4S. The first-order valence-corrected chi connectivity index (χ1v) is 12.7. The molecule has 0 saturated heterocycles. The Labute approximate surface area is 219 Å². The van der Waals surface area contributed by atoms with Crippen molar-refractivity contribution in [2.45, 2.75) is 40.2 Å². The van der Waals surface area contributed by atoms with Crippen LogP contribution in [0.25, 0.3) is 0 Å². The number of carbonyl (C=O) groups excluding carboxylic acids is 2. The summed E-state index contributed by atoms with van der Waals surface area (Å²) >= 11 is 1.36. The number of benzene rings is 2. The van der Waals surface area contributed by atoms with Crippen LogP contribution in [0.4, 0.5) is 10.1 Å². The third kappa shape index (κ3) is 5.96.